The molecule has 1 fully saturated rings. The van der Waals surface area contributed by atoms with E-state index in [-0.39, 0.29) is 0 Å². The summed E-state index contributed by atoms with van der Waals surface area (Å²) in [6.07, 6.45) is 5.24. The van der Waals surface area contributed by atoms with E-state index in [1.54, 1.807) is 0 Å². The molecule has 0 saturated carbocycles. The van der Waals surface area contributed by atoms with Crippen molar-refractivity contribution in [1.82, 2.24) is 14.7 Å². The summed E-state index contributed by atoms with van der Waals surface area (Å²) in [5, 5.41) is 4.17. The minimum atomic E-state index is 0.429. The molecule has 0 bridgehead atoms. The molecule has 0 amide bonds. The summed E-state index contributed by atoms with van der Waals surface area (Å²) >= 11 is 0. The summed E-state index contributed by atoms with van der Waals surface area (Å²) in [7, 11) is 2.00. The number of hydrogen-bond acceptors (Lipinski definition) is 3. The summed E-state index contributed by atoms with van der Waals surface area (Å²) in [5.74, 6) is 0. The summed E-state index contributed by atoms with van der Waals surface area (Å²) in [6, 6.07) is 2.52. The SMILES string of the molecule is Cn1nccc1CCN1CCC(N)CC1. The van der Waals surface area contributed by atoms with Gasteiger partial charge in [-0.15, -0.1) is 0 Å². The lowest BCUT2D eigenvalue weighted by Gasteiger charge is -2.29. The van der Waals surface area contributed by atoms with Gasteiger partial charge in [0, 0.05) is 37.9 Å². The zero-order valence-corrected chi connectivity index (χ0v) is 9.39. The van der Waals surface area contributed by atoms with Gasteiger partial charge in [0.25, 0.3) is 0 Å². The van der Waals surface area contributed by atoms with E-state index in [0.717, 1.165) is 38.9 Å². The number of hydrogen-bond donors (Lipinski definition) is 1. The van der Waals surface area contributed by atoms with Crippen LogP contribution < -0.4 is 5.73 Å². The molecule has 1 aromatic heterocycles. The van der Waals surface area contributed by atoms with Crippen LogP contribution in [0.2, 0.25) is 0 Å². The molecule has 0 aliphatic carbocycles. The molecular weight excluding hydrogens is 188 g/mol. The fourth-order valence-electron chi connectivity index (χ4n) is 2.10. The van der Waals surface area contributed by atoms with E-state index >= 15 is 0 Å². The lowest BCUT2D eigenvalue weighted by atomic mass is 10.1. The number of rotatable bonds is 3. The van der Waals surface area contributed by atoms with Crippen LogP contribution in [0, 0.1) is 0 Å². The fourth-order valence-corrected chi connectivity index (χ4v) is 2.10. The van der Waals surface area contributed by atoms with Crippen LogP contribution in [0.15, 0.2) is 12.3 Å². The van der Waals surface area contributed by atoms with Gasteiger partial charge < -0.3 is 10.6 Å². The molecule has 0 radical (unpaired) electrons. The van der Waals surface area contributed by atoms with Crippen LogP contribution in [-0.4, -0.2) is 40.4 Å². The Bertz CT molecular complexity index is 299. The zero-order valence-electron chi connectivity index (χ0n) is 9.39. The Hall–Kier alpha value is -0.870. The molecule has 1 aromatic rings. The van der Waals surface area contributed by atoms with E-state index in [9.17, 15) is 0 Å². The second-order valence-corrected chi connectivity index (χ2v) is 4.38. The molecule has 15 heavy (non-hydrogen) atoms. The highest BCUT2D eigenvalue weighted by molar-refractivity contribution is 5.00. The summed E-state index contributed by atoms with van der Waals surface area (Å²) in [4.78, 5) is 2.50. The van der Waals surface area contributed by atoms with Gasteiger partial charge in [0.2, 0.25) is 0 Å². The predicted octanol–water partition coefficient (Wildman–Crippen LogP) is 0.386. The molecule has 0 aromatic carbocycles. The lowest BCUT2D eigenvalue weighted by Crippen LogP contribution is -2.40. The maximum Gasteiger partial charge on any atom is 0.0492 e. The van der Waals surface area contributed by atoms with E-state index in [4.69, 9.17) is 5.73 Å². The van der Waals surface area contributed by atoms with Crippen LogP contribution in [0.4, 0.5) is 0 Å². The van der Waals surface area contributed by atoms with Crippen LogP contribution in [0.3, 0.4) is 0 Å². The molecule has 1 aliphatic heterocycles. The van der Waals surface area contributed by atoms with Crippen molar-refractivity contribution in [2.75, 3.05) is 19.6 Å². The molecule has 1 aliphatic rings. The molecule has 1 saturated heterocycles. The van der Waals surface area contributed by atoms with Gasteiger partial charge in [-0.3, -0.25) is 4.68 Å². The molecule has 4 nitrogen and oxygen atoms in total. The molecule has 2 rings (SSSR count). The molecule has 2 heterocycles. The average Bonchev–Trinajstić information content (AvgIpc) is 2.63. The Kier molecular flexibility index (Phi) is 3.38. The summed E-state index contributed by atoms with van der Waals surface area (Å²) in [6.45, 7) is 3.43. The Morgan fingerprint density at radius 1 is 1.47 bits per heavy atom. The normalized spacial score (nSPS) is 19.6. The summed E-state index contributed by atoms with van der Waals surface area (Å²) < 4.78 is 1.95. The topological polar surface area (TPSA) is 47.1 Å². The Morgan fingerprint density at radius 3 is 2.80 bits per heavy atom. The monoisotopic (exact) mass is 208 g/mol. The first kappa shape index (κ1) is 10.6. The van der Waals surface area contributed by atoms with Crippen LogP contribution in [0.25, 0.3) is 0 Å². The Balaban J connectivity index is 1.77. The second kappa shape index (κ2) is 4.77. The van der Waals surface area contributed by atoms with Gasteiger partial charge in [-0.1, -0.05) is 0 Å². The third kappa shape index (κ3) is 2.79. The van der Waals surface area contributed by atoms with E-state index in [1.807, 2.05) is 17.9 Å². The van der Waals surface area contributed by atoms with Crippen LogP contribution in [-0.2, 0) is 13.5 Å². The molecule has 0 unspecified atom stereocenters. The lowest BCUT2D eigenvalue weighted by molar-refractivity contribution is 0.214. The van der Waals surface area contributed by atoms with Crippen LogP contribution in [0.1, 0.15) is 18.5 Å². The standard InChI is InChI=1S/C11H20N4/c1-14-11(2-6-13-14)5-9-15-7-3-10(12)4-8-15/h2,6,10H,3-5,7-9,12H2,1H3. The zero-order chi connectivity index (χ0) is 10.7. The second-order valence-electron chi connectivity index (χ2n) is 4.38. The minimum Gasteiger partial charge on any atom is -0.328 e. The quantitative estimate of drug-likeness (QED) is 0.781. The minimum absolute atomic E-state index is 0.429. The van der Waals surface area contributed by atoms with Crippen molar-refractivity contribution in [3.63, 3.8) is 0 Å². The fraction of sp³-hybridized carbons (Fsp3) is 0.727. The average molecular weight is 208 g/mol. The first-order chi connectivity index (χ1) is 7.25. The third-order valence-electron chi connectivity index (χ3n) is 3.24. The van der Waals surface area contributed by atoms with Crippen molar-refractivity contribution >= 4 is 0 Å². The summed E-state index contributed by atoms with van der Waals surface area (Å²) in [5.41, 5.74) is 7.18. The van der Waals surface area contributed by atoms with Gasteiger partial charge in [0.15, 0.2) is 0 Å². The molecule has 0 atom stereocenters. The molecule has 84 valence electrons. The smallest absolute Gasteiger partial charge is 0.0492 e. The largest absolute Gasteiger partial charge is 0.328 e. The molecular formula is C11H20N4. The number of piperidine rings is 1. The van der Waals surface area contributed by atoms with Crippen molar-refractivity contribution in [2.45, 2.75) is 25.3 Å². The van der Waals surface area contributed by atoms with Gasteiger partial charge in [-0.2, -0.15) is 5.10 Å². The van der Waals surface area contributed by atoms with E-state index in [2.05, 4.69) is 16.1 Å². The maximum atomic E-state index is 5.87. The molecule has 4 heteroatoms. The van der Waals surface area contributed by atoms with Crippen molar-refractivity contribution in [1.29, 1.82) is 0 Å². The van der Waals surface area contributed by atoms with Crippen molar-refractivity contribution in [3.8, 4) is 0 Å². The van der Waals surface area contributed by atoms with E-state index in [0.29, 0.717) is 6.04 Å². The highest BCUT2D eigenvalue weighted by atomic mass is 15.3. The third-order valence-corrected chi connectivity index (χ3v) is 3.24. The van der Waals surface area contributed by atoms with Gasteiger partial charge in [-0.05, 0) is 32.0 Å². The van der Waals surface area contributed by atoms with Crippen molar-refractivity contribution < 1.29 is 0 Å². The number of aryl methyl sites for hydroxylation is 1. The van der Waals surface area contributed by atoms with Gasteiger partial charge >= 0.3 is 0 Å². The predicted molar refractivity (Wildman–Crippen MR) is 60.6 cm³/mol. The molecule has 2 N–H and O–H groups in total. The molecule has 0 spiro atoms. The van der Waals surface area contributed by atoms with E-state index in [1.165, 1.54) is 5.69 Å². The van der Waals surface area contributed by atoms with Gasteiger partial charge in [0.1, 0.15) is 0 Å². The van der Waals surface area contributed by atoms with E-state index < -0.39 is 0 Å². The Morgan fingerprint density at radius 2 is 2.20 bits per heavy atom. The van der Waals surface area contributed by atoms with Crippen LogP contribution >= 0.6 is 0 Å². The van der Waals surface area contributed by atoms with Gasteiger partial charge in [-0.25, -0.2) is 0 Å². The van der Waals surface area contributed by atoms with Crippen molar-refractivity contribution in [2.24, 2.45) is 12.8 Å². The highest BCUT2D eigenvalue weighted by Gasteiger charge is 2.15. The number of aromatic nitrogens is 2. The number of nitrogens with zero attached hydrogens (tertiary/aromatic N) is 3. The Labute approximate surface area is 91.1 Å². The first-order valence-electron chi connectivity index (χ1n) is 5.70. The van der Waals surface area contributed by atoms with Crippen molar-refractivity contribution in [3.05, 3.63) is 18.0 Å². The van der Waals surface area contributed by atoms with Crippen LogP contribution in [0.5, 0.6) is 0 Å². The van der Waals surface area contributed by atoms with Gasteiger partial charge in [0.05, 0.1) is 0 Å². The number of nitrogens with two attached hydrogens (primary N) is 1. The number of likely N-dealkylation sites (tertiary alicyclic amines) is 1. The first-order valence-corrected chi connectivity index (χ1v) is 5.70. The highest BCUT2D eigenvalue weighted by Crippen LogP contribution is 2.09. The maximum absolute atomic E-state index is 5.87.